The van der Waals surface area contributed by atoms with Crippen LogP contribution in [0.25, 0.3) is 0 Å². The molecule has 0 fully saturated rings. The third-order valence-corrected chi connectivity index (χ3v) is 2.17. The molecule has 0 aliphatic carbocycles. The van der Waals surface area contributed by atoms with Gasteiger partial charge >= 0.3 is 0 Å². The van der Waals surface area contributed by atoms with Crippen molar-refractivity contribution in [1.29, 1.82) is 0 Å². The lowest BCUT2D eigenvalue weighted by Crippen LogP contribution is -2.18. The lowest BCUT2D eigenvalue weighted by atomic mass is 10.1. The van der Waals surface area contributed by atoms with Crippen molar-refractivity contribution in [3.63, 3.8) is 0 Å². The topological polar surface area (TPSA) is 46.3 Å². The Morgan fingerprint density at radius 3 is 2.67 bits per heavy atom. The Labute approximate surface area is 88.7 Å². The van der Waals surface area contributed by atoms with Gasteiger partial charge in [-0.2, -0.15) is 0 Å². The van der Waals surface area contributed by atoms with Crippen LogP contribution in [0.3, 0.4) is 0 Å². The van der Waals surface area contributed by atoms with Gasteiger partial charge in [-0.25, -0.2) is 4.39 Å². The normalized spacial score (nSPS) is 10.7. The SMILES string of the molecule is CN(C)CCc1cccc(C(N)=O)c1F. The molecule has 0 atom stereocenters. The molecule has 1 rings (SSSR count). The first kappa shape index (κ1) is 11.7. The monoisotopic (exact) mass is 210 g/mol. The van der Waals surface area contributed by atoms with E-state index in [1.54, 1.807) is 12.1 Å². The van der Waals surface area contributed by atoms with Crippen molar-refractivity contribution in [3.05, 3.63) is 35.1 Å². The highest BCUT2D eigenvalue weighted by atomic mass is 19.1. The number of rotatable bonds is 4. The van der Waals surface area contributed by atoms with Crippen LogP contribution < -0.4 is 5.73 Å². The van der Waals surface area contributed by atoms with Crippen LogP contribution in [0.15, 0.2) is 18.2 Å². The molecule has 15 heavy (non-hydrogen) atoms. The van der Waals surface area contributed by atoms with Crippen molar-refractivity contribution in [3.8, 4) is 0 Å². The van der Waals surface area contributed by atoms with Crippen LogP contribution in [0, 0.1) is 5.82 Å². The highest BCUT2D eigenvalue weighted by Gasteiger charge is 2.11. The molecule has 0 saturated heterocycles. The summed E-state index contributed by atoms with van der Waals surface area (Å²) in [7, 11) is 3.83. The number of primary amides is 1. The highest BCUT2D eigenvalue weighted by Crippen LogP contribution is 2.13. The van der Waals surface area contributed by atoms with E-state index in [1.807, 2.05) is 19.0 Å². The average Bonchev–Trinajstić information content (AvgIpc) is 2.15. The van der Waals surface area contributed by atoms with Crippen molar-refractivity contribution in [2.24, 2.45) is 5.73 Å². The fourth-order valence-corrected chi connectivity index (χ4v) is 1.31. The number of nitrogens with zero attached hydrogens (tertiary/aromatic N) is 1. The molecular weight excluding hydrogens is 195 g/mol. The number of nitrogens with two attached hydrogens (primary N) is 1. The maximum atomic E-state index is 13.7. The minimum Gasteiger partial charge on any atom is -0.366 e. The first-order valence-corrected chi connectivity index (χ1v) is 4.74. The molecule has 0 heterocycles. The zero-order chi connectivity index (χ0) is 11.4. The summed E-state index contributed by atoms with van der Waals surface area (Å²) in [6.45, 7) is 0.735. The Balaban J connectivity index is 2.89. The van der Waals surface area contributed by atoms with Crippen LogP contribution in [0.2, 0.25) is 0 Å². The summed E-state index contributed by atoms with van der Waals surface area (Å²) in [6.07, 6.45) is 0.569. The number of amides is 1. The van der Waals surface area contributed by atoms with E-state index in [2.05, 4.69) is 0 Å². The molecule has 1 amide bonds. The van der Waals surface area contributed by atoms with Crippen LogP contribution in [0.1, 0.15) is 15.9 Å². The Morgan fingerprint density at radius 2 is 2.13 bits per heavy atom. The lowest BCUT2D eigenvalue weighted by molar-refractivity contribution is 0.0996. The number of carbonyl (C=O) groups is 1. The number of halogens is 1. The molecule has 0 bridgehead atoms. The molecule has 1 aromatic carbocycles. The van der Waals surface area contributed by atoms with Crippen LogP contribution in [-0.2, 0) is 6.42 Å². The molecule has 0 aliphatic rings. The first-order chi connectivity index (χ1) is 7.02. The minimum absolute atomic E-state index is 0.0359. The van der Waals surface area contributed by atoms with E-state index in [0.717, 1.165) is 6.54 Å². The van der Waals surface area contributed by atoms with E-state index < -0.39 is 11.7 Å². The van der Waals surface area contributed by atoms with E-state index in [4.69, 9.17) is 5.73 Å². The molecule has 0 unspecified atom stereocenters. The van der Waals surface area contributed by atoms with Crippen LogP contribution in [0.5, 0.6) is 0 Å². The van der Waals surface area contributed by atoms with Crippen molar-refractivity contribution in [1.82, 2.24) is 4.90 Å². The van der Waals surface area contributed by atoms with Crippen LogP contribution in [0.4, 0.5) is 4.39 Å². The molecule has 3 nitrogen and oxygen atoms in total. The van der Waals surface area contributed by atoms with Gasteiger partial charge in [-0.05, 0) is 32.1 Å². The number of carbonyl (C=O) groups excluding carboxylic acids is 1. The first-order valence-electron chi connectivity index (χ1n) is 4.74. The van der Waals surface area contributed by atoms with Gasteiger partial charge in [-0.3, -0.25) is 4.79 Å². The third-order valence-electron chi connectivity index (χ3n) is 2.17. The van der Waals surface area contributed by atoms with Gasteiger partial charge in [0.15, 0.2) is 0 Å². The van der Waals surface area contributed by atoms with Gasteiger partial charge in [0, 0.05) is 6.54 Å². The molecule has 4 heteroatoms. The molecule has 2 N–H and O–H groups in total. The lowest BCUT2D eigenvalue weighted by Gasteiger charge is -2.10. The molecule has 0 saturated carbocycles. The standard InChI is InChI=1S/C11H15FN2O/c1-14(2)7-6-8-4-3-5-9(10(8)12)11(13)15/h3-5H,6-7H2,1-2H3,(H2,13,15). The smallest absolute Gasteiger partial charge is 0.251 e. The van der Waals surface area contributed by atoms with Gasteiger partial charge in [0.2, 0.25) is 0 Å². The zero-order valence-electron chi connectivity index (χ0n) is 8.96. The Hall–Kier alpha value is -1.42. The zero-order valence-corrected chi connectivity index (χ0v) is 8.96. The molecule has 0 aliphatic heterocycles. The second-order valence-corrected chi connectivity index (χ2v) is 3.70. The predicted octanol–water partition coefficient (Wildman–Crippen LogP) is 1.03. The van der Waals surface area contributed by atoms with E-state index in [1.165, 1.54) is 6.07 Å². The van der Waals surface area contributed by atoms with Gasteiger partial charge in [0.25, 0.3) is 5.91 Å². The van der Waals surface area contributed by atoms with E-state index in [0.29, 0.717) is 12.0 Å². The highest BCUT2D eigenvalue weighted by molar-refractivity contribution is 5.93. The summed E-state index contributed by atoms with van der Waals surface area (Å²) in [6, 6.07) is 4.72. The number of benzene rings is 1. The molecule has 0 aromatic heterocycles. The maximum Gasteiger partial charge on any atom is 0.251 e. The maximum absolute atomic E-state index is 13.7. The van der Waals surface area contributed by atoms with Crippen molar-refractivity contribution in [2.75, 3.05) is 20.6 Å². The summed E-state index contributed by atoms with van der Waals surface area (Å²) in [4.78, 5) is 12.8. The van der Waals surface area contributed by atoms with Gasteiger partial charge in [0.1, 0.15) is 5.82 Å². The van der Waals surface area contributed by atoms with E-state index in [-0.39, 0.29) is 5.56 Å². The summed E-state index contributed by atoms with van der Waals surface area (Å²) in [5, 5.41) is 0. The second kappa shape index (κ2) is 4.89. The van der Waals surface area contributed by atoms with Gasteiger partial charge < -0.3 is 10.6 Å². The van der Waals surface area contributed by atoms with Crippen molar-refractivity contribution < 1.29 is 9.18 Å². The van der Waals surface area contributed by atoms with Gasteiger partial charge in [0.05, 0.1) is 5.56 Å². The minimum atomic E-state index is -0.723. The second-order valence-electron chi connectivity index (χ2n) is 3.70. The number of likely N-dealkylation sites (N-methyl/N-ethyl adjacent to an activating group) is 1. The summed E-state index contributed by atoms with van der Waals surface area (Å²) in [5.41, 5.74) is 5.54. The van der Waals surface area contributed by atoms with E-state index in [9.17, 15) is 9.18 Å². The predicted molar refractivity (Wildman–Crippen MR) is 57.2 cm³/mol. The molecule has 1 aromatic rings. The van der Waals surface area contributed by atoms with E-state index >= 15 is 0 Å². The average molecular weight is 210 g/mol. The number of hydrogen-bond donors (Lipinski definition) is 1. The van der Waals surface area contributed by atoms with Gasteiger partial charge in [-0.1, -0.05) is 12.1 Å². The fraction of sp³-hybridized carbons (Fsp3) is 0.364. The third kappa shape index (κ3) is 3.02. The van der Waals surface area contributed by atoms with Crippen molar-refractivity contribution in [2.45, 2.75) is 6.42 Å². The molecule has 82 valence electrons. The quantitative estimate of drug-likeness (QED) is 0.806. The number of hydrogen-bond acceptors (Lipinski definition) is 2. The van der Waals surface area contributed by atoms with Crippen LogP contribution >= 0.6 is 0 Å². The molecular formula is C11H15FN2O. The largest absolute Gasteiger partial charge is 0.366 e. The van der Waals surface area contributed by atoms with Crippen LogP contribution in [-0.4, -0.2) is 31.4 Å². The Morgan fingerprint density at radius 1 is 1.47 bits per heavy atom. The Kier molecular flexibility index (Phi) is 3.80. The van der Waals surface area contributed by atoms with Crippen molar-refractivity contribution >= 4 is 5.91 Å². The fourth-order valence-electron chi connectivity index (χ4n) is 1.31. The molecule has 0 spiro atoms. The summed E-state index contributed by atoms with van der Waals surface area (Å²) in [5.74, 6) is -1.22. The Bertz CT molecular complexity index is 364. The van der Waals surface area contributed by atoms with Gasteiger partial charge in [-0.15, -0.1) is 0 Å². The summed E-state index contributed by atoms with van der Waals surface area (Å²) < 4.78 is 13.7. The summed E-state index contributed by atoms with van der Waals surface area (Å²) >= 11 is 0. The molecule has 0 radical (unpaired) electrons.